The number of nitrogens with zero attached hydrogens (tertiary/aromatic N) is 1. The zero-order valence-corrected chi connectivity index (χ0v) is 16.8. The topological polar surface area (TPSA) is 139 Å². The molecule has 1 amide bonds. The summed E-state index contributed by atoms with van der Waals surface area (Å²) in [7, 11) is -3.86. The van der Waals surface area contributed by atoms with Gasteiger partial charge in [0.1, 0.15) is 11.3 Å². The van der Waals surface area contributed by atoms with Crippen LogP contribution in [0.5, 0.6) is 0 Å². The zero-order valence-electron chi connectivity index (χ0n) is 16.0. The number of carboxylic acids is 1. The summed E-state index contributed by atoms with van der Waals surface area (Å²) in [5, 5.41) is 14.9. The van der Waals surface area contributed by atoms with Gasteiger partial charge in [0.05, 0.1) is 16.8 Å². The second kappa shape index (κ2) is 8.78. The Balaban J connectivity index is 1.71. The second-order valence-electron chi connectivity index (χ2n) is 6.47. The summed E-state index contributed by atoms with van der Waals surface area (Å²) in [6.07, 6.45) is 1.59. The molecule has 3 N–H and O–H groups in total. The highest BCUT2D eigenvalue weighted by Crippen LogP contribution is 2.21. The summed E-state index contributed by atoms with van der Waals surface area (Å²) < 4.78 is 32.6. The van der Waals surface area contributed by atoms with Crippen molar-refractivity contribution in [1.29, 1.82) is 0 Å². The van der Waals surface area contributed by atoms with E-state index in [0.717, 1.165) is 5.56 Å². The minimum absolute atomic E-state index is 0.0305. The van der Waals surface area contributed by atoms with E-state index >= 15 is 0 Å². The fourth-order valence-electron chi connectivity index (χ4n) is 2.68. The van der Waals surface area contributed by atoms with E-state index in [1.165, 1.54) is 24.4 Å². The maximum absolute atomic E-state index is 12.6. The largest absolute Gasteiger partial charge is 0.481 e. The average molecular weight is 429 g/mol. The molecule has 10 heteroatoms. The van der Waals surface area contributed by atoms with Gasteiger partial charge in [0.2, 0.25) is 0 Å². The highest BCUT2D eigenvalue weighted by atomic mass is 32.2. The number of rotatable bonds is 8. The molecule has 0 bridgehead atoms. The molecule has 3 aromatic rings. The number of carbonyl (C=O) groups excluding carboxylic acids is 1. The van der Waals surface area contributed by atoms with E-state index in [9.17, 15) is 18.0 Å². The van der Waals surface area contributed by atoms with Crippen molar-refractivity contribution in [2.45, 2.75) is 24.7 Å². The summed E-state index contributed by atoms with van der Waals surface area (Å²) in [4.78, 5) is 22.9. The van der Waals surface area contributed by atoms with Crippen molar-refractivity contribution in [2.75, 3.05) is 10.0 Å². The average Bonchev–Trinajstić information content (AvgIpc) is 3.12. The van der Waals surface area contributed by atoms with Crippen molar-refractivity contribution in [2.24, 2.45) is 0 Å². The van der Waals surface area contributed by atoms with Crippen LogP contribution in [-0.2, 0) is 21.2 Å². The van der Waals surface area contributed by atoms with Crippen LogP contribution in [-0.4, -0.2) is 30.6 Å². The van der Waals surface area contributed by atoms with E-state index in [-0.39, 0.29) is 22.6 Å². The quantitative estimate of drug-likeness (QED) is 0.500. The predicted molar refractivity (Wildman–Crippen MR) is 109 cm³/mol. The van der Waals surface area contributed by atoms with Gasteiger partial charge in [-0.3, -0.25) is 14.3 Å². The molecule has 0 fully saturated rings. The Bertz CT molecular complexity index is 1170. The highest BCUT2D eigenvalue weighted by molar-refractivity contribution is 7.92. The Morgan fingerprint density at radius 1 is 1.10 bits per heavy atom. The third-order valence-electron chi connectivity index (χ3n) is 4.23. The summed E-state index contributed by atoms with van der Waals surface area (Å²) in [5.74, 6) is -0.971. The van der Waals surface area contributed by atoms with Crippen molar-refractivity contribution in [3.05, 3.63) is 71.6 Å². The molecule has 0 saturated carbocycles. The number of aromatic nitrogens is 1. The van der Waals surface area contributed by atoms with E-state index in [1.807, 2.05) is 0 Å². The Hall–Kier alpha value is -3.66. The van der Waals surface area contributed by atoms with Crippen LogP contribution < -0.4 is 10.0 Å². The maximum Gasteiger partial charge on any atom is 0.303 e. The number of hydrogen-bond acceptors (Lipinski definition) is 6. The SMILES string of the molecule is Cc1oncc1C(=O)Nc1cccc(NS(=O)(=O)c2ccc(CCC(=O)O)cc2)c1. The number of amides is 1. The standard InChI is InChI=1S/C20H19N3O6S/c1-13-18(12-21-29-13)20(26)22-15-3-2-4-16(11-15)23-30(27,28)17-8-5-14(6-9-17)7-10-19(24)25/h2-6,8-9,11-12,23H,7,10H2,1H3,(H,22,26)(H,24,25). The normalized spacial score (nSPS) is 11.1. The summed E-state index contributed by atoms with van der Waals surface area (Å²) in [6, 6.07) is 12.3. The number of carbonyl (C=O) groups is 2. The minimum Gasteiger partial charge on any atom is -0.481 e. The van der Waals surface area contributed by atoms with E-state index < -0.39 is 21.9 Å². The molecule has 1 aromatic heterocycles. The Kier molecular flexibility index (Phi) is 6.17. The maximum atomic E-state index is 12.6. The third kappa shape index (κ3) is 5.23. The number of nitrogens with one attached hydrogen (secondary N) is 2. The van der Waals surface area contributed by atoms with Crippen LogP contribution in [0.15, 0.2) is 64.1 Å². The van der Waals surface area contributed by atoms with E-state index in [2.05, 4.69) is 15.2 Å². The first-order valence-electron chi connectivity index (χ1n) is 8.91. The molecule has 0 spiro atoms. The molecule has 2 aromatic carbocycles. The van der Waals surface area contributed by atoms with Crippen molar-refractivity contribution in [3.63, 3.8) is 0 Å². The molecule has 0 aliphatic heterocycles. The predicted octanol–water partition coefficient (Wildman–Crippen LogP) is 3.05. The lowest BCUT2D eigenvalue weighted by Crippen LogP contribution is -2.14. The molecule has 0 aliphatic carbocycles. The second-order valence-corrected chi connectivity index (χ2v) is 8.16. The molecule has 0 aliphatic rings. The monoisotopic (exact) mass is 429 g/mol. The lowest BCUT2D eigenvalue weighted by atomic mass is 10.1. The molecule has 0 radical (unpaired) electrons. The van der Waals surface area contributed by atoms with Crippen molar-refractivity contribution >= 4 is 33.3 Å². The molecule has 30 heavy (non-hydrogen) atoms. The number of hydrogen-bond donors (Lipinski definition) is 3. The van der Waals surface area contributed by atoms with Crippen molar-refractivity contribution in [3.8, 4) is 0 Å². The molecule has 0 saturated heterocycles. The number of benzene rings is 2. The van der Waals surface area contributed by atoms with Crippen LogP contribution in [0.1, 0.15) is 28.1 Å². The summed E-state index contributed by atoms with van der Waals surface area (Å²) in [6.45, 7) is 1.61. The van der Waals surface area contributed by atoms with E-state index in [1.54, 1.807) is 37.3 Å². The first-order chi connectivity index (χ1) is 14.2. The molecule has 156 valence electrons. The van der Waals surface area contributed by atoms with Gasteiger partial charge in [0.25, 0.3) is 15.9 Å². The number of anilines is 2. The van der Waals surface area contributed by atoms with Gasteiger partial charge in [0, 0.05) is 12.1 Å². The van der Waals surface area contributed by atoms with Gasteiger partial charge in [-0.15, -0.1) is 0 Å². The van der Waals surface area contributed by atoms with E-state index in [0.29, 0.717) is 17.9 Å². The minimum atomic E-state index is -3.86. The van der Waals surface area contributed by atoms with Crippen LogP contribution in [0.2, 0.25) is 0 Å². The summed E-state index contributed by atoms with van der Waals surface area (Å²) >= 11 is 0. The number of aliphatic carboxylic acids is 1. The lowest BCUT2D eigenvalue weighted by molar-refractivity contribution is -0.136. The van der Waals surface area contributed by atoms with Crippen LogP contribution >= 0.6 is 0 Å². The van der Waals surface area contributed by atoms with Crippen LogP contribution in [0.4, 0.5) is 11.4 Å². The first-order valence-corrected chi connectivity index (χ1v) is 10.4. The molecule has 0 atom stereocenters. The molecule has 0 unspecified atom stereocenters. The van der Waals surface area contributed by atoms with Gasteiger partial charge in [-0.2, -0.15) is 0 Å². The van der Waals surface area contributed by atoms with Gasteiger partial charge in [0.15, 0.2) is 0 Å². The van der Waals surface area contributed by atoms with Crippen LogP contribution in [0.25, 0.3) is 0 Å². The summed E-state index contributed by atoms with van der Waals surface area (Å²) in [5.41, 5.74) is 1.67. The fourth-order valence-corrected chi connectivity index (χ4v) is 3.73. The molecule has 9 nitrogen and oxygen atoms in total. The first kappa shape index (κ1) is 21.1. The molecular formula is C20H19N3O6S. The van der Waals surface area contributed by atoms with Crippen molar-refractivity contribution in [1.82, 2.24) is 5.16 Å². The zero-order chi connectivity index (χ0) is 21.7. The number of carboxylic acid groups (broad SMARTS) is 1. The van der Waals surface area contributed by atoms with Crippen LogP contribution in [0.3, 0.4) is 0 Å². The Labute approximate surface area is 172 Å². The van der Waals surface area contributed by atoms with Gasteiger partial charge in [-0.1, -0.05) is 23.4 Å². The number of aryl methyl sites for hydroxylation is 2. The van der Waals surface area contributed by atoms with Crippen molar-refractivity contribution < 1.29 is 27.6 Å². The van der Waals surface area contributed by atoms with Gasteiger partial charge in [-0.05, 0) is 49.2 Å². The molecular weight excluding hydrogens is 410 g/mol. The molecule has 3 rings (SSSR count). The van der Waals surface area contributed by atoms with Crippen LogP contribution in [0, 0.1) is 6.92 Å². The van der Waals surface area contributed by atoms with Gasteiger partial charge in [-0.25, -0.2) is 8.42 Å². The smallest absolute Gasteiger partial charge is 0.303 e. The highest BCUT2D eigenvalue weighted by Gasteiger charge is 2.16. The van der Waals surface area contributed by atoms with Gasteiger partial charge >= 0.3 is 5.97 Å². The third-order valence-corrected chi connectivity index (χ3v) is 5.63. The van der Waals surface area contributed by atoms with E-state index in [4.69, 9.17) is 9.63 Å². The Morgan fingerprint density at radius 3 is 2.43 bits per heavy atom. The Morgan fingerprint density at radius 2 is 1.80 bits per heavy atom. The fraction of sp³-hybridized carbons (Fsp3) is 0.150. The molecule has 1 heterocycles. The van der Waals surface area contributed by atoms with Gasteiger partial charge < -0.3 is 14.9 Å². The number of sulfonamides is 1. The lowest BCUT2D eigenvalue weighted by Gasteiger charge is -2.11.